The number of likely N-dealkylation sites (tertiary alicyclic amines) is 1. The second-order valence-corrected chi connectivity index (χ2v) is 9.71. The van der Waals surface area contributed by atoms with Crippen LogP contribution in [0.3, 0.4) is 0 Å². The summed E-state index contributed by atoms with van der Waals surface area (Å²) in [4.78, 5) is 29.4. The number of amides is 2. The molecule has 1 spiro atoms. The largest absolute Gasteiger partial charge is 0.355 e. The van der Waals surface area contributed by atoms with Gasteiger partial charge in [0.2, 0.25) is 5.91 Å². The van der Waals surface area contributed by atoms with Crippen molar-refractivity contribution in [2.75, 3.05) is 40.3 Å². The molecule has 2 amide bonds. The highest BCUT2D eigenvalue weighted by Gasteiger charge is 2.46. The lowest BCUT2D eigenvalue weighted by Crippen LogP contribution is -2.44. The van der Waals surface area contributed by atoms with Gasteiger partial charge in [0.25, 0.3) is 5.91 Å². The topological polar surface area (TPSA) is 52.7 Å². The van der Waals surface area contributed by atoms with E-state index >= 15 is 0 Å². The number of fused-ring (bicyclic) bond motifs is 2. The van der Waals surface area contributed by atoms with E-state index in [9.17, 15) is 9.59 Å². The molecule has 1 aliphatic heterocycles. The normalized spacial score (nSPS) is 19.8. The monoisotopic (exact) mass is 425 g/mol. The van der Waals surface area contributed by atoms with Crippen molar-refractivity contribution >= 4 is 23.2 Å². The standard InChI is InChI=1S/C24H31N3O2S/c1-26(2)13-10-25-22(28)15-19-16-24(21-6-4-3-5-20(19)21)8-11-27(12-9-24)23(29)18-7-14-30-17-18/h3-7,14,17,19H,8-13,15-16H2,1-2H3,(H,25,28). The van der Waals surface area contributed by atoms with Crippen molar-refractivity contribution in [1.82, 2.24) is 15.1 Å². The Morgan fingerprint density at radius 1 is 1.20 bits per heavy atom. The van der Waals surface area contributed by atoms with Crippen LogP contribution in [-0.2, 0) is 10.2 Å². The summed E-state index contributed by atoms with van der Waals surface area (Å²) >= 11 is 1.57. The van der Waals surface area contributed by atoms with E-state index in [2.05, 4.69) is 34.5 Å². The maximum atomic E-state index is 12.7. The van der Waals surface area contributed by atoms with Gasteiger partial charge in [0.05, 0.1) is 5.56 Å². The van der Waals surface area contributed by atoms with Crippen LogP contribution < -0.4 is 5.32 Å². The van der Waals surface area contributed by atoms with E-state index in [1.165, 1.54) is 11.1 Å². The van der Waals surface area contributed by atoms with E-state index < -0.39 is 0 Å². The Morgan fingerprint density at radius 2 is 1.97 bits per heavy atom. The zero-order valence-corrected chi connectivity index (χ0v) is 18.7. The molecule has 30 heavy (non-hydrogen) atoms. The Morgan fingerprint density at radius 3 is 2.67 bits per heavy atom. The maximum Gasteiger partial charge on any atom is 0.254 e. The van der Waals surface area contributed by atoms with Crippen molar-refractivity contribution in [3.63, 3.8) is 0 Å². The molecule has 1 aliphatic carbocycles. The molecule has 5 nitrogen and oxygen atoms in total. The third-order valence-corrected chi connectivity index (χ3v) is 7.38. The van der Waals surface area contributed by atoms with Gasteiger partial charge in [0.1, 0.15) is 0 Å². The zero-order valence-electron chi connectivity index (χ0n) is 17.9. The fourth-order valence-electron chi connectivity index (χ4n) is 5.10. The molecule has 1 saturated heterocycles. The molecule has 1 atom stereocenters. The van der Waals surface area contributed by atoms with Gasteiger partial charge in [-0.15, -0.1) is 0 Å². The summed E-state index contributed by atoms with van der Waals surface area (Å²) in [5, 5.41) is 6.96. The summed E-state index contributed by atoms with van der Waals surface area (Å²) in [6.45, 7) is 3.10. The maximum absolute atomic E-state index is 12.7. The lowest BCUT2D eigenvalue weighted by Gasteiger charge is -2.40. The molecule has 1 aromatic heterocycles. The number of nitrogens with one attached hydrogen (secondary N) is 1. The van der Waals surface area contributed by atoms with Crippen molar-refractivity contribution < 1.29 is 9.59 Å². The number of hydrogen-bond acceptors (Lipinski definition) is 4. The molecule has 1 fully saturated rings. The third-order valence-electron chi connectivity index (χ3n) is 6.70. The number of thiophene rings is 1. The second-order valence-electron chi connectivity index (χ2n) is 8.93. The van der Waals surface area contributed by atoms with Crippen molar-refractivity contribution in [2.45, 2.75) is 37.0 Å². The first-order chi connectivity index (χ1) is 14.5. The lowest BCUT2D eigenvalue weighted by atomic mass is 9.73. The minimum Gasteiger partial charge on any atom is -0.355 e. The van der Waals surface area contributed by atoms with Crippen molar-refractivity contribution in [3.8, 4) is 0 Å². The van der Waals surface area contributed by atoms with Crippen LogP contribution in [0.15, 0.2) is 41.1 Å². The van der Waals surface area contributed by atoms with E-state index in [-0.39, 0.29) is 23.1 Å². The molecule has 0 bridgehead atoms. The Labute approximate surface area is 183 Å². The van der Waals surface area contributed by atoms with E-state index in [0.29, 0.717) is 13.0 Å². The van der Waals surface area contributed by atoms with Crippen LogP contribution in [0.2, 0.25) is 0 Å². The summed E-state index contributed by atoms with van der Waals surface area (Å²) < 4.78 is 0. The number of rotatable bonds is 6. The SMILES string of the molecule is CN(C)CCNC(=O)CC1CC2(CCN(C(=O)c3ccsc3)CC2)c2ccccc21. The first kappa shape index (κ1) is 21.1. The molecule has 0 saturated carbocycles. The molecule has 2 heterocycles. The summed E-state index contributed by atoms with van der Waals surface area (Å²) in [7, 11) is 4.03. The molecule has 6 heteroatoms. The average Bonchev–Trinajstić information content (AvgIpc) is 3.36. The van der Waals surface area contributed by atoms with Gasteiger partial charge in [-0.1, -0.05) is 24.3 Å². The predicted molar refractivity (Wildman–Crippen MR) is 121 cm³/mol. The minimum absolute atomic E-state index is 0.0939. The number of benzene rings is 1. The quantitative estimate of drug-likeness (QED) is 0.771. The highest BCUT2D eigenvalue weighted by atomic mass is 32.1. The number of hydrogen-bond donors (Lipinski definition) is 1. The molecule has 4 rings (SSSR count). The van der Waals surface area contributed by atoms with Crippen LogP contribution in [-0.4, -0.2) is 61.9 Å². The Bertz CT molecular complexity index is 886. The highest BCUT2D eigenvalue weighted by molar-refractivity contribution is 7.08. The fraction of sp³-hybridized carbons (Fsp3) is 0.500. The lowest BCUT2D eigenvalue weighted by molar-refractivity contribution is -0.121. The Kier molecular flexibility index (Phi) is 6.25. The predicted octanol–water partition coefficient (Wildman–Crippen LogP) is 3.48. The first-order valence-corrected chi connectivity index (χ1v) is 11.8. The van der Waals surface area contributed by atoms with Crippen LogP contribution in [0.25, 0.3) is 0 Å². The average molecular weight is 426 g/mol. The molecule has 2 aliphatic rings. The third kappa shape index (κ3) is 4.30. The number of likely N-dealkylation sites (N-methyl/N-ethyl adjacent to an activating group) is 1. The van der Waals surface area contributed by atoms with Crippen LogP contribution >= 0.6 is 11.3 Å². The van der Waals surface area contributed by atoms with Gasteiger partial charge in [-0.3, -0.25) is 9.59 Å². The van der Waals surface area contributed by atoms with Gasteiger partial charge in [0, 0.05) is 38.0 Å². The van der Waals surface area contributed by atoms with Crippen LogP contribution in [0.5, 0.6) is 0 Å². The van der Waals surface area contributed by atoms with Gasteiger partial charge in [0.15, 0.2) is 0 Å². The fourth-order valence-corrected chi connectivity index (χ4v) is 5.73. The van der Waals surface area contributed by atoms with Gasteiger partial charge in [-0.25, -0.2) is 0 Å². The van der Waals surface area contributed by atoms with Gasteiger partial charge >= 0.3 is 0 Å². The minimum atomic E-state index is 0.0939. The van der Waals surface area contributed by atoms with Crippen LogP contribution in [0, 0.1) is 0 Å². The molecule has 160 valence electrons. The molecule has 1 N–H and O–H groups in total. The summed E-state index contributed by atoms with van der Waals surface area (Å²) in [5.74, 6) is 0.549. The summed E-state index contributed by atoms with van der Waals surface area (Å²) in [6, 6.07) is 10.6. The van der Waals surface area contributed by atoms with Crippen molar-refractivity contribution in [3.05, 3.63) is 57.8 Å². The molecule has 2 aromatic rings. The summed E-state index contributed by atoms with van der Waals surface area (Å²) in [5.41, 5.74) is 3.63. The second kappa shape index (κ2) is 8.90. The molecule has 1 aromatic carbocycles. The zero-order chi connectivity index (χ0) is 21.1. The highest BCUT2D eigenvalue weighted by Crippen LogP contribution is 2.52. The molecule has 1 unspecified atom stereocenters. The smallest absolute Gasteiger partial charge is 0.254 e. The molecule has 0 radical (unpaired) electrons. The number of nitrogens with zero attached hydrogens (tertiary/aromatic N) is 2. The summed E-state index contributed by atoms with van der Waals surface area (Å²) in [6.07, 6.45) is 3.49. The van der Waals surface area contributed by atoms with E-state index in [1.54, 1.807) is 11.3 Å². The van der Waals surface area contributed by atoms with Crippen LogP contribution in [0.4, 0.5) is 0 Å². The van der Waals surface area contributed by atoms with Gasteiger partial charge < -0.3 is 15.1 Å². The Hall–Kier alpha value is -2.18. The van der Waals surface area contributed by atoms with Crippen molar-refractivity contribution in [1.29, 1.82) is 0 Å². The van der Waals surface area contributed by atoms with Crippen molar-refractivity contribution in [2.24, 2.45) is 0 Å². The molecular formula is C24H31N3O2S. The van der Waals surface area contributed by atoms with E-state index in [0.717, 1.165) is 44.5 Å². The molecular weight excluding hydrogens is 394 g/mol. The van der Waals surface area contributed by atoms with Crippen LogP contribution in [0.1, 0.15) is 53.1 Å². The van der Waals surface area contributed by atoms with E-state index in [4.69, 9.17) is 0 Å². The Balaban J connectivity index is 1.43. The van der Waals surface area contributed by atoms with Gasteiger partial charge in [-0.2, -0.15) is 11.3 Å². The van der Waals surface area contributed by atoms with E-state index in [1.807, 2.05) is 35.8 Å². The van der Waals surface area contributed by atoms with Gasteiger partial charge in [-0.05, 0) is 67.3 Å². The number of carbonyl (C=O) groups is 2. The first-order valence-electron chi connectivity index (χ1n) is 10.8. The number of piperidine rings is 1. The number of carbonyl (C=O) groups excluding carboxylic acids is 2.